The van der Waals surface area contributed by atoms with Crippen LogP contribution < -0.4 is 10.1 Å². The lowest BCUT2D eigenvalue weighted by Crippen LogP contribution is -2.15. The highest BCUT2D eigenvalue weighted by molar-refractivity contribution is 7.12. The monoisotopic (exact) mass is 371 g/mol. The summed E-state index contributed by atoms with van der Waals surface area (Å²) in [6, 6.07) is 7.47. The Bertz CT molecular complexity index is 972. The summed E-state index contributed by atoms with van der Waals surface area (Å²) in [5, 5.41) is 9.92. The summed E-state index contributed by atoms with van der Waals surface area (Å²) in [7, 11) is 1.83. The van der Waals surface area contributed by atoms with E-state index < -0.39 is 0 Å². The SMILES string of the molecule is CC(=O)c1cc(CC(=O)Nc2nn(C)c3cccc(OC(C)C)c23)cs1. The molecule has 0 aliphatic heterocycles. The van der Waals surface area contributed by atoms with Crippen LogP contribution in [0.15, 0.2) is 29.6 Å². The Kier molecular flexibility index (Phi) is 5.08. The normalized spacial score (nSPS) is 11.1. The third-order valence-electron chi connectivity index (χ3n) is 3.83. The fraction of sp³-hybridized carbons (Fsp3) is 0.316. The first-order valence-electron chi connectivity index (χ1n) is 8.35. The highest BCUT2D eigenvalue weighted by Gasteiger charge is 2.17. The number of carbonyl (C=O) groups excluding carboxylic acids is 2. The van der Waals surface area contributed by atoms with Crippen LogP contribution in [-0.2, 0) is 18.3 Å². The predicted octanol–water partition coefficient (Wildman–Crippen LogP) is 3.81. The standard InChI is InChI=1S/C19H21N3O3S/c1-11(2)25-15-7-5-6-14-18(15)19(21-22(14)4)20-17(24)9-13-8-16(12(3)23)26-10-13/h5-8,10-11H,9H2,1-4H3,(H,20,21,24). The van der Waals surface area contributed by atoms with Gasteiger partial charge in [0, 0.05) is 7.05 Å². The lowest BCUT2D eigenvalue weighted by Gasteiger charge is -2.11. The zero-order chi connectivity index (χ0) is 18.8. The zero-order valence-electron chi connectivity index (χ0n) is 15.2. The Balaban J connectivity index is 1.85. The Hall–Kier alpha value is -2.67. The highest BCUT2D eigenvalue weighted by atomic mass is 32.1. The number of hydrogen-bond donors (Lipinski definition) is 1. The molecule has 0 bridgehead atoms. The van der Waals surface area contributed by atoms with Crippen molar-refractivity contribution in [3.05, 3.63) is 40.1 Å². The summed E-state index contributed by atoms with van der Waals surface area (Å²) < 4.78 is 7.59. The van der Waals surface area contributed by atoms with Crippen LogP contribution in [0.2, 0.25) is 0 Å². The van der Waals surface area contributed by atoms with E-state index in [1.165, 1.54) is 18.3 Å². The lowest BCUT2D eigenvalue weighted by molar-refractivity contribution is -0.115. The molecule has 3 rings (SSSR count). The number of hydrogen-bond acceptors (Lipinski definition) is 5. The van der Waals surface area contributed by atoms with E-state index in [0.29, 0.717) is 16.4 Å². The third kappa shape index (κ3) is 3.77. The fourth-order valence-electron chi connectivity index (χ4n) is 2.74. The number of fused-ring (bicyclic) bond motifs is 1. The molecule has 0 fully saturated rings. The molecule has 0 spiro atoms. The number of anilines is 1. The van der Waals surface area contributed by atoms with Crippen LogP contribution in [0.3, 0.4) is 0 Å². The third-order valence-corrected chi connectivity index (χ3v) is 4.91. The maximum absolute atomic E-state index is 12.5. The molecule has 1 amide bonds. The maximum Gasteiger partial charge on any atom is 0.230 e. The van der Waals surface area contributed by atoms with Gasteiger partial charge in [-0.15, -0.1) is 11.3 Å². The van der Waals surface area contributed by atoms with Crippen LogP contribution in [0.25, 0.3) is 10.9 Å². The van der Waals surface area contributed by atoms with Crippen molar-refractivity contribution in [3.63, 3.8) is 0 Å². The molecule has 7 heteroatoms. The van der Waals surface area contributed by atoms with Gasteiger partial charge in [0.2, 0.25) is 5.91 Å². The van der Waals surface area contributed by atoms with Crippen molar-refractivity contribution < 1.29 is 14.3 Å². The van der Waals surface area contributed by atoms with E-state index in [9.17, 15) is 9.59 Å². The number of thiophene rings is 1. The number of ketones is 1. The number of amides is 1. The molecule has 0 unspecified atom stereocenters. The number of Topliss-reactive ketones (excluding diaryl/α,β-unsaturated/α-hetero) is 1. The minimum absolute atomic E-state index is 0.00727. The first kappa shape index (κ1) is 18.1. The van der Waals surface area contributed by atoms with Gasteiger partial charge in [0.15, 0.2) is 11.6 Å². The minimum atomic E-state index is -0.183. The molecule has 0 saturated heterocycles. The van der Waals surface area contributed by atoms with E-state index >= 15 is 0 Å². The van der Waals surface area contributed by atoms with Crippen LogP contribution in [0.4, 0.5) is 5.82 Å². The van der Waals surface area contributed by atoms with Crippen LogP contribution in [0.1, 0.15) is 36.0 Å². The van der Waals surface area contributed by atoms with Gasteiger partial charge >= 0.3 is 0 Å². The average Bonchev–Trinajstić information content (AvgIpc) is 3.13. The molecular formula is C19H21N3O3S. The molecule has 0 aliphatic carbocycles. The van der Waals surface area contributed by atoms with E-state index in [1.54, 1.807) is 10.7 Å². The maximum atomic E-state index is 12.5. The van der Waals surface area contributed by atoms with Gasteiger partial charge in [-0.05, 0) is 49.9 Å². The number of rotatable bonds is 6. The molecule has 0 saturated carbocycles. The molecule has 26 heavy (non-hydrogen) atoms. The van der Waals surface area contributed by atoms with Gasteiger partial charge in [-0.3, -0.25) is 14.3 Å². The van der Waals surface area contributed by atoms with E-state index in [2.05, 4.69) is 10.4 Å². The molecule has 2 aromatic heterocycles. The predicted molar refractivity (Wildman–Crippen MR) is 103 cm³/mol. The van der Waals surface area contributed by atoms with Gasteiger partial charge in [-0.1, -0.05) is 6.07 Å². The van der Waals surface area contributed by atoms with E-state index in [0.717, 1.165) is 16.5 Å². The summed E-state index contributed by atoms with van der Waals surface area (Å²) in [6.45, 7) is 5.43. The zero-order valence-corrected chi connectivity index (χ0v) is 16.0. The number of aromatic nitrogens is 2. The molecule has 2 heterocycles. The Morgan fingerprint density at radius 3 is 2.77 bits per heavy atom. The fourth-order valence-corrected chi connectivity index (χ4v) is 3.55. The number of nitrogens with one attached hydrogen (secondary N) is 1. The number of ether oxygens (including phenoxy) is 1. The minimum Gasteiger partial charge on any atom is -0.490 e. The van der Waals surface area contributed by atoms with Crippen molar-refractivity contribution >= 4 is 39.7 Å². The highest BCUT2D eigenvalue weighted by Crippen LogP contribution is 2.32. The summed E-state index contributed by atoms with van der Waals surface area (Å²) in [5.41, 5.74) is 1.70. The van der Waals surface area contributed by atoms with Gasteiger partial charge in [0.25, 0.3) is 0 Å². The van der Waals surface area contributed by atoms with Crippen molar-refractivity contribution in [1.82, 2.24) is 9.78 Å². The summed E-state index contributed by atoms with van der Waals surface area (Å²) in [5.74, 6) is 0.992. The van der Waals surface area contributed by atoms with Gasteiger partial charge in [0.1, 0.15) is 5.75 Å². The van der Waals surface area contributed by atoms with E-state index in [1.807, 2.05) is 44.5 Å². The molecule has 136 valence electrons. The van der Waals surface area contributed by atoms with Crippen LogP contribution in [0, 0.1) is 0 Å². The Morgan fingerprint density at radius 2 is 2.12 bits per heavy atom. The Labute approximate surface area is 155 Å². The molecule has 0 aliphatic rings. The average molecular weight is 371 g/mol. The molecule has 0 radical (unpaired) electrons. The number of carbonyl (C=O) groups is 2. The second kappa shape index (κ2) is 7.29. The van der Waals surface area contributed by atoms with Crippen LogP contribution >= 0.6 is 11.3 Å². The second-order valence-corrected chi connectivity index (χ2v) is 7.30. The topological polar surface area (TPSA) is 73.2 Å². The second-order valence-electron chi connectivity index (χ2n) is 6.39. The van der Waals surface area contributed by atoms with Gasteiger partial charge in [-0.2, -0.15) is 5.10 Å². The van der Waals surface area contributed by atoms with Crippen LogP contribution in [0.5, 0.6) is 5.75 Å². The van der Waals surface area contributed by atoms with Crippen molar-refractivity contribution in [2.24, 2.45) is 7.05 Å². The van der Waals surface area contributed by atoms with Crippen LogP contribution in [-0.4, -0.2) is 27.6 Å². The van der Waals surface area contributed by atoms with E-state index in [-0.39, 0.29) is 24.2 Å². The molecule has 1 aromatic carbocycles. The first-order valence-corrected chi connectivity index (χ1v) is 9.23. The lowest BCUT2D eigenvalue weighted by atomic mass is 10.2. The number of benzene rings is 1. The molecular weight excluding hydrogens is 350 g/mol. The van der Waals surface area contributed by atoms with Gasteiger partial charge in [0.05, 0.1) is 28.3 Å². The van der Waals surface area contributed by atoms with Crippen molar-refractivity contribution in [2.45, 2.75) is 33.3 Å². The van der Waals surface area contributed by atoms with Crippen molar-refractivity contribution in [3.8, 4) is 5.75 Å². The Morgan fingerprint density at radius 1 is 1.35 bits per heavy atom. The molecule has 3 aromatic rings. The summed E-state index contributed by atoms with van der Waals surface area (Å²) >= 11 is 1.35. The molecule has 6 nitrogen and oxygen atoms in total. The number of aryl methyl sites for hydroxylation is 1. The van der Waals surface area contributed by atoms with Gasteiger partial charge < -0.3 is 10.1 Å². The number of nitrogens with zero attached hydrogens (tertiary/aromatic N) is 2. The smallest absolute Gasteiger partial charge is 0.230 e. The van der Waals surface area contributed by atoms with Gasteiger partial charge in [-0.25, -0.2) is 0 Å². The molecule has 1 N–H and O–H groups in total. The van der Waals surface area contributed by atoms with E-state index in [4.69, 9.17) is 4.74 Å². The summed E-state index contributed by atoms with van der Waals surface area (Å²) in [4.78, 5) is 24.5. The van der Waals surface area contributed by atoms with Crippen molar-refractivity contribution in [1.29, 1.82) is 0 Å². The van der Waals surface area contributed by atoms with Crippen molar-refractivity contribution in [2.75, 3.05) is 5.32 Å². The molecule has 0 atom stereocenters. The quantitative estimate of drug-likeness (QED) is 0.669. The largest absolute Gasteiger partial charge is 0.490 e. The first-order chi connectivity index (χ1) is 12.3. The summed E-state index contributed by atoms with van der Waals surface area (Å²) in [6.07, 6.45) is 0.204.